The van der Waals surface area contributed by atoms with Crippen molar-refractivity contribution in [3.05, 3.63) is 0 Å². The smallest absolute Gasteiger partial charge is 0.306 e. The molecule has 0 spiro atoms. The van der Waals surface area contributed by atoms with Crippen LogP contribution in [0.15, 0.2) is 0 Å². The molecule has 0 N–H and O–H groups in total. The predicted octanol–water partition coefficient (Wildman–Crippen LogP) is 13.8. The van der Waals surface area contributed by atoms with Gasteiger partial charge in [-0.05, 0) is 31.1 Å². The van der Waals surface area contributed by atoms with Crippen LogP contribution in [0.4, 0.5) is 0 Å². The summed E-state index contributed by atoms with van der Waals surface area (Å²) < 4.78 is 16.7. The Balaban J connectivity index is 4.36. The van der Waals surface area contributed by atoms with Crippen LogP contribution in [0.1, 0.15) is 240 Å². The first kappa shape index (κ1) is 49.4. The number of unbranched alkanes of at least 4 members (excludes halogenated alkanes) is 22. The van der Waals surface area contributed by atoms with E-state index in [0.29, 0.717) is 19.3 Å². The van der Waals surface area contributed by atoms with E-state index >= 15 is 0 Å². The molecular weight excluding hydrogens is 636 g/mol. The Kier molecular flexibility index (Phi) is 37.0. The largest absolute Gasteiger partial charge is 0.462 e. The number of hydrogen-bond donors (Lipinski definition) is 0. The van der Waals surface area contributed by atoms with E-state index in [1.165, 1.54) is 128 Å². The molecule has 6 nitrogen and oxygen atoms in total. The highest BCUT2D eigenvalue weighted by atomic mass is 16.6. The monoisotopic (exact) mass is 723 g/mol. The van der Waals surface area contributed by atoms with Crippen LogP contribution in [-0.4, -0.2) is 37.2 Å². The minimum Gasteiger partial charge on any atom is -0.462 e. The second kappa shape index (κ2) is 38.1. The van der Waals surface area contributed by atoms with Crippen LogP contribution in [0.2, 0.25) is 0 Å². The molecule has 0 saturated carbocycles. The van der Waals surface area contributed by atoms with E-state index in [4.69, 9.17) is 14.2 Å². The average molecular weight is 723 g/mol. The summed E-state index contributed by atoms with van der Waals surface area (Å²) in [7, 11) is 0. The minimum absolute atomic E-state index is 0.0660. The SMILES string of the molecule is CCCCCCCCCCCCCC(=O)OC[C@@H](COC(=O)CCCCCCCCCCC(C)CC)OC(=O)CCCCCCCCC(C)CC. The molecule has 0 fully saturated rings. The molecule has 0 aliphatic carbocycles. The molecule has 51 heavy (non-hydrogen) atoms. The van der Waals surface area contributed by atoms with Gasteiger partial charge in [0.15, 0.2) is 6.10 Å². The molecule has 0 aliphatic heterocycles. The van der Waals surface area contributed by atoms with Gasteiger partial charge in [-0.2, -0.15) is 0 Å². The molecule has 302 valence electrons. The quantitative estimate of drug-likeness (QED) is 0.0357. The van der Waals surface area contributed by atoms with Crippen LogP contribution < -0.4 is 0 Å². The molecule has 0 saturated heterocycles. The first-order chi connectivity index (χ1) is 24.8. The lowest BCUT2D eigenvalue weighted by Gasteiger charge is -2.18. The number of ether oxygens (including phenoxy) is 3. The second-order valence-electron chi connectivity index (χ2n) is 15.8. The zero-order chi connectivity index (χ0) is 37.6. The summed E-state index contributed by atoms with van der Waals surface area (Å²) in [6.45, 7) is 11.3. The zero-order valence-electron chi connectivity index (χ0n) is 34.7. The van der Waals surface area contributed by atoms with Gasteiger partial charge in [-0.15, -0.1) is 0 Å². The third-order valence-corrected chi connectivity index (χ3v) is 10.7. The highest BCUT2D eigenvalue weighted by molar-refractivity contribution is 5.71. The molecule has 2 unspecified atom stereocenters. The van der Waals surface area contributed by atoms with Crippen molar-refractivity contribution in [1.82, 2.24) is 0 Å². The first-order valence-electron chi connectivity index (χ1n) is 22.3. The molecule has 0 bridgehead atoms. The van der Waals surface area contributed by atoms with E-state index in [0.717, 1.165) is 69.6 Å². The number of carbonyl (C=O) groups excluding carboxylic acids is 3. The Morgan fingerprint density at radius 1 is 0.392 bits per heavy atom. The fourth-order valence-electron chi connectivity index (χ4n) is 6.51. The molecule has 0 aromatic heterocycles. The van der Waals surface area contributed by atoms with Gasteiger partial charge in [0.05, 0.1) is 0 Å². The molecular formula is C45H86O6. The summed E-state index contributed by atoms with van der Waals surface area (Å²) in [5.74, 6) is 0.794. The van der Waals surface area contributed by atoms with Crippen molar-refractivity contribution in [3.63, 3.8) is 0 Å². The maximum absolute atomic E-state index is 12.7. The molecule has 0 radical (unpaired) electrons. The maximum atomic E-state index is 12.7. The third-order valence-electron chi connectivity index (χ3n) is 10.7. The van der Waals surface area contributed by atoms with E-state index in [2.05, 4.69) is 34.6 Å². The summed E-state index contributed by atoms with van der Waals surface area (Å²) >= 11 is 0. The van der Waals surface area contributed by atoms with Crippen LogP contribution in [-0.2, 0) is 28.6 Å². The lowest BCUT2D eigenvalue weighted by atomic mass is 9.99. The lowest BCUT2D eigenvalue weighted by molar-refractivity contribution is -0.167. The van der Waals surface area contributed by atoms with E-state index in [1.807, 2.05) is 0 Å². The van der Waals surface area contributed by atoms with Crippen LogP contribution in [0.25, 0.3) is 0 Å². The van der Waals surface area contributed by atoms with Gasteiger partial charge >= 0.3 is 17.9 Å². The van der Waals surface area contributed by atoms with Gasteiger partial charge in [-0.3, -0.25) is 14.4 Å². The fourth-order valence-corrected chi connectivity index (χ4v) is 6.51. The molecule has 0 amide bonds. The van der Waals surface area contributed by atoms with Crippen LogP contribution >= 0.6 is 0 Å². The highest BCUT2D eigenvalue weighted by Crippen LogP contribution is 2.17. The van der Waals surface area contributed by atoms with Crippen molar-refractivity contribution in [2.75, 3.05) is 13.2 Å². The highest BCUT2D eigenvalue weighted by Gasteiger charge is 2.19. The van der Waals surface area contributed by atoms with Gasteiger partial charge in [0.1, 0.15) is 13.2 Å². The molecule has 6 heteroatoms. The maximum Gasteiger partial charge on any atom is 0.306 e. The van der Waals surface area contributed by atoms with Crippen LogP contribution in [0.5, 0.6) is 0 Å². The minimum atomic E-state index is -0.761. The van der Waals surface area contributed by atoms with Crippen molar-refractivity contribution in [2.24, 2.45) is 11.8 Å². The predicted molar refractivity (Wildman–Crippen MR) is 215 cm³/mol. The van der Waals surface area contributed by atoms with E-state index < -0.39 is 6.10 Å². The first-order valence-corrected chi connectivity index (χ1v) is 22.3. The lowest BCUT2D eigenvalue weighted by Crippen LogP contribution is -2.30. The Labute approximate surface area is 317 Å². The van der Waals surface area contributed by atoms with Crippen molar-refractivity contribution >= 4 is 17.9 Å². The van der Waals surface area contributed by atoms with Gasteiger partial charge in [-0.25, -0.2) is 0 Å². The fraction of sp³-hybridized carbons (Fsp3) is 0.933. The Morgan fingerprint density at radius 2 is 0.686 bits per heavy atom. The Hall–Kier alpha value is -1.59. The molecule has 0 heterocycles. The van der Waals surface area contributed by atoms with Gasteiger partial charge in [0, 0.05) is 19.3 Å². The van der Waals surface area contributed by atoms with Gasteiger partial charge < -0.3 is 14.2 Å². The average Bonchev–Trinajstić information content (AvgIpc) is 3.13. The number of esters is 3. The van der Waals surface area contributed by atoms with E-state index in [1.54, 1.807) is 0 Å². The Morgan fingerprint density at radius 3 is 1.02 bits per heavy atom. The number of rotatable bonds is 39. The zero-order valence-corrected chi connectivity index (χ0v) is 34.7. The summed E-state index contributed by atoms with van der Waals surface area (Å²) in [5, 5.41) is 0. The molecule has 0 aliphatic rings. The van der Waals surface area contributed by atoms with Gasteiger partial charge in [-0.1, -0.05) is 202 Å². The number of hydrogen-bond acceptors (Lipinski definition) is 6. The van der Waals surface area contributed by atoms with Crippen molar-refractivity contribution in [2.45, 2.75) is 246 Å². The summed E-state index contributed by atoms with van der Waals surface area (Å²) in [6, 6.07) is 0. The van der Waals surface area contributed by atoms with Crippen molar-refractivity contribution < 1.29 is 28.6 Å². The van der Waals surface area contributed by atoms with E-state index in [-0.39, 0.29) is 31.1 Å². The van der Waals surface area contributed by atoms with E-state index in [9.17, 15) is 14.4 Å². The topological polar surface area (TPSA) is 78.9 Å². The molecule has 0 aromatic carbocycles. The van der Waals surface area contributed by atoms with Crippen LogP contribution in [0, 0.1) is 11.8 Å². The normalized spacial score (nSPS) is 13.1. The standard InChI is InChI=1S/C45H86O6/c1-6-9-10-11-12-13-14-15-19-25-30-35-43(46)49-38-42(51-45(48)37-32-27-22-21-24-29-34-41(5)8-3)39-50-44(47)36-31-26-20-17-16-18-23-28-33-40(4)7-2/h40-42H,6-39H2,1-5H3/t40?,41?,42-/m0/s1. The number of carbonyl (C=O) groups is 3. The Bertz CT molecular complexity index is 783. The van der Waals surface area contributed by atoms with Crippen molar-refractivity contribution in [1.29, 1.82) is 0 Å². The van der Waals surface area contributed by atoms with Gasteiger partial charge in [0.25, 0.3) is 0 Å². The molecule has 0 aromatic rings. The van der Waals surface area contributed by atoms with Crippen molar-refractivity contribution in [3.8, 4) is 0 Å². The summed E-state index contributed by atoms with van der Waals surface area (Å²) in [6.07, 6.45) is 35.1. The molecule has 3 atom stereocenters. The second-order valence-corrected chi connectivity index (χ2v) is 15.8. The summed E-state index contributed by atoms with van der Waals surface area (Å²) in [5.41, 5.74) is 0. The third kappa shape index (κ3) is 36.6. The van der Waals surface area contributed by atoms with Crippen LogP contribution in [0.3, 0.4) is 0 Å². The van der Waals surface area contributed by atoms with Gasteiger partial charge in [0.2, 0.25) is 0 Å². The molecule has 0 rings (SSSR count). The summed E-state index contributed by atoms with van der Waals surface area (Å²) in [4.78, 5) is 37.6.